The Kier molecular flexibility index (Phi) is 3.96. The number of hydrogen-bond donors (Lipinski definition) is 1. The molecular formula is C16H8Cl3NO2. The van der Waals surface area contributed by atoms with Crippen LogP contribution in [0, 0.1) is 0 Å². The van der Waals surface area contributed by atoms with Crippen LogP contribution in [0.25, 0.3) is 22.2 Å². The predicted octanol–water partition coefficient (Wildman–Crippen LogP) is 5.56. The molecule has 0 spiro atoms. The fourth-order valence-corrected chi connectivity index (χ4v) is 2.61. The van der Waals surface area contributed by atoms with Gasteiger partial charge in [-0.3, -0.25) is 0 Å². The van der Waals surface area contributed by atoms with Gasteiger partial charge in [0.05, 0.1) is 26.8 Å². The second kappa shape index (κ2) is 5.76. The number of fused-ring (bicyclic) bond motifs is 1. The second-order valence-corrected chi connectivity index (χ2v) is 5.90. The van der Waals surface area contributed by atoms with Crippen LogP contribution in [0.4, 0.5) is 0 Å². The summed E-state index contributed by atoms with van der Waals surface area (Å²) in [6.07, 6.45) is 0. The fourth-order valence-electron chi connectivity index (χ4n) is 2.17. The van der Waals surface area contributed by atoms with Crippen LogP contribution >= 0.6 is 34.8 Å². The van der Waals surface area contributed by atoms with E-state index in [-0.39, 0.29) is 10.6 Å². The van der Waals surface area contributed by atoms with Crippen LogP contribution in [-0.2, 0) is 0 Å². The smallest absolute Gasteiger partial charge is 0.336 e. The highest BCUT2D eigenvalue weighted by atomic mass is 35.5. The monoisotopic (exact) mass is 351 g/mol. The van der Waals surface area contributed by atoms with E-state index >= 15 is 0 Å². The van der Waals surface area contributed by atoms with Crippen molar-refractivity contribution in [1.82, 2.24) is 4.98 Å². The molecule has 3 aromatic rings. The molecule has 0 aliphatic rings. The molecule has 1 aromatic heterocycles. The topological polar surface area (TPSA) is 50.2 Å². The molecule has 0 radical (unpaired) electrons. The molecule has 1 N–H and O–H groups in total. The fraction of sp³-hybridized carbons (Fsp3) is 0. The molecule has 0 saturated carbocycles. The number of carboxylic acids is 1. The first-order valence-electron chi connectivity index (χ1n) is 6.25. The van der Waals surface area contributed by atoms with Gasteiger partial charge in [0.15, 0.2) is 0 Å². The van der Waals surface area contributed by atoms with Gasteiger partial charge < -0.3 is 5.11 Å². The number of aromatic carboxylic acids is 1. The average Bonchev–Trinajstić information content (AvgIpc) is 2.48. The molecule has 0 fully saturated rings. The zero-order valence-electron chi connectivity index (χ0n) is 11.0. The molecule has 110 valence electrons. The molecule has 0 atom stereocenters. The molecule has 2 aromatic carbocycles. The maximum atomic E-state index is 11.5. The molecule has 0 aliphatic carbocycles. The van der Waals surface area contributed by atoms with Gasteiger partial charge in [-0.1, -0.05) is 46.9 Å². The second-order valence-electron chi connectivity index (χ2n) is 4.65. The van der Waals surface area contributed by atoms with Gasteiger partial charge >= 0.3 is 5.97 Å². The maximum Gasteiger partial charge on any atom is 0.336 e. The highest BCUT2D eigenvalue weighted by Crippen LogP contribution is 2.31. The Morgan fingerprint density at radius 2 is 1.59 bits per heavy atom. The Balaban J connectivity index is 2.31. The third-order valence-electron chi connectivity index (χ3n) is 3.22. The number of pyridine rings is 1. The Hall–Kier alpha value is -1.81. The van der Waals surface area contributed by atoms with Gasteiger partial charge in [0, 0.05) is 16.0 Å². The lowest BCUT2D eigenvalue weighted by molar-refractivity contribution is 0.0699. The summed E-state index contributed by atoms with van der Waals surface area (Å²) < 4.78 is 0. The summed E-state index contributed by atoms with van der Waals surface area (Å²) in [4.78, 5) is 16.0. The van der Waals surface area contributed by atoms with Crippen LogP contribution in [-0.4, -0.2) is 16.1 Å². The molecule has 22 heavy (non-hydrogen) atoms. The molecule has 0 aliphatic heterocycles. The Morgan fingerprint density at radius 3 is 2.23 bits per heavy atom. The first kappa shape index (κ1) is 15.1. The molecule has 0 saturated heterocycles. The summed E-state index contributed by atoms with van der Waals surface area (Å²) in [7, 11) is 0. The van der Waals surface area contributed by atoms with E-state index in [9.17, 15) is 9.90 Å². The highest BCUT2D eigenvalue weighted by molar-refractivity contribution is 6.42. The standard InChI is InChI=1S/C16H8Cl3NO2/c17-9-3-1-8(2-4-9)14-6-11(16(21)22)10-5-12(18)13(19)7-15(10)20-14/h1-7H,(H,21,22). The van der Waals surface area contributed by atoms with Gasteiger partial charge in [0.2, 0.25) is 0 Å². The predicted molar refractivity (Wildman–Crippen MR) is 89.2 cm³/mol. The zero-order valence-corrected chi connectivity index (χ0v) is 13.2. The van der Waals surface area contributed by atoms with E-state index in [4.69, 9.17) is 34.8 Å². The number of aromatic nitrogens is 1. The highest BCUT2D eigenvalue weighted by Gasteiger charge is 2.15. The van der Waals surface area contributed by atoms with Crippen LogP contribution < -0.4 is 0 Å². The van der Waals surface area contributed by atoms with Gasteiger partial charge in [-0.2, -0.15) is 0 Å². The quantitative estimate of drug-likeness (QED) is 0.657. The maximum absolute atomic E-state index is 11.5. The lowest BCUT2D eigenvalue weighted by atomic mass is 10.0. The SMILES string of the molecule is O=C(O)c1cc(-c2ccc(Cl)cc2)nc2cc(Cl)c(Cl)cc12. The Labute approximate surface area is 141 Å². The van der Waals surface area contributed by atoms with Gasteiger partial charge in [-0.25, -0.2) is 9.78 Å². The van der Waals surface area contributed by atoms with E-state index in [1.807, 2.05) is 0 Å². The Morgan fingerprint density at radius 1 is 0.955 bits per heavy atom. The number of halogens is 3. The zero-order chi connectivity index (χ0) is 15.9. The van der Waals surface area contributed by atoms with E-state index in [2.05, 4.69) is 4.98 Å². The number of carboxylic acid groups (broad SMARTS) is 1. The number of hydrogen-bond acceptors (Lipinski definition) is 2. The number of rotatable bonds is 2. The van der Waals surface area contributed by atoms with Gasteiger partial charge in [-0.05, 0) is 30.3 Å². The third-order valence-corrected chi connectivity index (χ3v) is 4.20. The number of benzene rings is 2. The van der Waals surface area contributed by atoms with Crippen LogP contribution in [0.3, 0.4) is 0 Å². The molecule has 3 nitrogen and oxygen atoms in total. The Bertz CT molecular complexity index is 892. The first-order chi connectivity index (χ1) is 10.5. The minimum Gasteiger partial charge on any atom is -0.478 e. The molecule has 6 heteroatoms. The lowest BCUT2D eigenvalue weighted by Crippen LogP contribution is -2.00. The largest absolute Gasteiger partial charge is 0.478 e. The van der Waals surface area contributed by atoms with E-state index in [1.165, 1.54) is 12.1 Å². The van der Waals surface area contributed by atoms with Crippen molar-refractivity contribution in [2.24, 2.45) is 0 Å². The van der Waals surface area contributed by atoms with Crippen molar-refractivity contribution < 1.29 is 9.90 Å². The van der Waals surface area contributed by atoms with Gasteiger partial charge in [0.1, 0.15) is 0 Å². The summed E-state index contributed by atoms with van der Waals surface area (Å²) in [5, 5.41) is 11.1. The average molecular weight is 353 g/mol. The van der Waals surface area contributed by atoms with Crippen molar-refractivity contribution in [2.75, 3.05) is 0 Å². The summed E-state index contributed by atoms with van der Waals surface area (Å²) >= 11 is 17.8. The van der Waals surface area contributed by atoms with Crippen LogP contribution in [0.1, 0.15) is 10.4 Å². The van der Waals surface area contributed by atoms with Crippen LogP contribution in [0.2, 0.25) is 15.1 Å². The van der Waals surface area contributed by atoms with E-state index in [1.54, 1.807) is 30.3 Å². The summed E-state index contributed by atoms with van der Waals surface area (Å²) in [6.45, 7) is 0. The van der Waals surface area contributed by atoms with E-state index in [0.29, 0.717) is 26.6 Å². The molecule has 0 amide bonds. The lowest BCUT2D eigenvalue weighted by Gasteiger charge is -2.08. The molecule has 0 bridgehead atoms. The number of carbonyl (C=O) groups is 1. The molecule has 1 heterocycles. The summed E-state index contributed by atoms with van der Waals surface area (Å²) in [5.74, 6) is -1.05. The summed E-state index contributed by atoms with van der Waals surface area (Å²) in [6, 6.07) is 11.6. The van der Waals surface area contributed by atoms with Crippen molar-refractivity contribution in [3.05, 3.63) is 63.1 Å². The van der Waals surface area contributed by atoms with Crippen LogP contribution in [0.15, 0.2) is 42.5 Å². The van der Waals surface area contributed by atoms with Crippen molar-refractivity contribution in [3.63, 3.8) is 0 Å². The minimum absolute atomic E-state index is 0.119. The van der Waals surface area contributed by atoms with Gasteiger partial charge in [0.25, 0.3) is 0 Å². The minimum atomic E-state index is -1.05. The first-order valence-corrected chi connectivity index (χ1v) is 7.38. The molecular weight excluding hydrogens is 345 g/mol. The van der Waals surface area contributed by atoms with Crippen molar-refractivity contribution in [2.45, 2.75) is 0 Å². The van der Waals surface area contributed by atoms with E-state index < -0.39 is 5.97 Å². The van der Waals surface area contributed by atoms with Crippen molar-refractivity contribution in [1.29, 1.82) is 0 Å². The summed E-state index contributed by atoms with van der Waals surface area (Å²) in [5.41, 5.74) is 1.88. The van der Waals surface area contributed by atoms with E-state index in [0.717, 1.165) is 5.56 Å². The molecule has 3 rings (SSSR count). The van der Waals surface area contributed by atoms with Crippen molar-refractivity contribution in [3.8, 4) is 11.3 Å². The van der Waals surface area contributed by atoms with Crippen molar-refractivity contribution >= 4 is 51.7 Å². The molecule has 0 unspecified atom stereocenters. The normalized spacial score (nSPS) is 10.9. The van der Waals surface area contributed by atoms with Crippen LogP contribution in [0.5, 0.6) is 0 Å². The van der Waals surface area contributed by atoms with Gasteiger partial charge in [-0.15, -0.1) is 0 Å². The third kappa shape index (κ3) is 2.75. The number of nitrogens with zero attached hydrogens (tertiary/aromatic N) is 1.